The molecule has 0 aliphatic heterocycles. The smallest absolute Gasteiger partial charge is 0.272 e. The highest BCUT2D eigenvalue weighted by molar-refractivity contribution is 6.04. The first-order valence-electron chi connectivity index (χ1n) is 6.31. The fourth-order valence-corrected chi connectivity index (χ4v) is 2.09. The minimum Gasteiger partial charge on any atom is -0.346 e. The average molecular weight is 287 g/mol. The maximum atomic E-state index is 13.5. The van der Waals surface area contributed by atoms with Crippen LogP contribution >= 0.6 is 0 Å². The van der Waals surface area contributed by atoms with E-state index in [2.05, 4.69) is 15.5 Å². The van der Waals surface area contributed by atoms with E-state index in [-0.39, 0.29) is 17.8 Å². The SMILES string of the molecule is O=C(NCc1c(F)cccc1F)c1n[nH]c2ccccc12. The van der Waals surface area contributed by atoms with E-state index >= 15 is 0 Å². The number of hydrogen-bond donors (Lipinski definition) is 2. The maximum Gasteiger partial charge on any atom is 0.272 e. The summed E-state index contributed by atoms with van der Waals surface area (Å²) in [7, 11) is 0. The zero-order valence-electron chi connectivity index (χ0n) is 10.9. The highest BCUT2D eigenvalue weighted by Gasteiger charge is 2.15. The van der Waals surface area contributed by atoms with Gasteiger partial charge in [-0.1, -0.05) is 24.3 Å². The van der Waals surface area contributed by atoms with Gasteiger partial charge in [-0.3, -0.25) is 9.89 Å². The molecule has 0 spiro atoms. The van der Waals surface area contributed by atoms with Crippen molar-refractivity contribution in [3.63, 3.8) is 0 Å². The average Bonchev–Trinajstić information content (AvgIpc) is 2.90. The summed E-state index contributed by atoms with van der Waals surface area (Å²) in [5, 5.41) is 9.79. The van der Waals surface area contributed by atoms with Crippen LogP contribution < -0.4 is 5.32 Å². The molecular weight excluding hydrogens is 276 g/mol. The number of nitrogens with zero attached hydrogens (tertiary/aromatic N) is 1. The number of aromatic nitrogens is 2. The van der Waals surface area contributed by atoms with Gasteiger partial charge in [0, 0.05) is 17.5 Å². The van der Waals surface area contributed by atoms with Crippen LogP contribution in [0.1, 0.15) is 16.1 Å². The molecule has 0 atom stereocenters. The van der Waals surface area contributed by atoms with Crippen molar-refractivity contribution in [1.82, 2.24) is 15.5 Å². The number of halogens is 2. The number of para-hydroxylation sites is 1. The zero-order chi connectivity index (χ0) is 14.8. The standard InChI is InChI=1S/C15H11F2N3O/c16-11-5-3-6-12(17)10(11)8-18-15(21)14-9-4-1-2-7-13(9)19-20-14/h1-7H,8H2,(H,18,21)(H,19,20). The van der Waals surface area contributed by atoms with Crippen molar-refractivity contribution in [2.45, 2.75) is 6.54 Å². The highest BCUT2D eigenvalue weighted by Crippen LogP contribution is 2.16. The normalized spacial score (nSPS) is 10.8. The number of carbonyl (C=O) groups excluding carboxylic acids is 1. The summed E-state index contributed by atoms with van der Waals surface area (Å²) < 4.78 is 27.0. The fourth-order valence-electron chi connectivity index (χ4n) is 2.09. The molecule has 0 fully saturated rings. The second-order valence-corrected chi connectivity index (χ2v) is 4.50. The number of aromatic amines is 1. The van der Waals surface area contributed by atoms with Gasteiger partial charge in [0.15, 0.2) is 5.69 Å². The Morgan fingerprint density at radius 1 is 1.10 bits per heavy atom. The van der Waals surface area contributed by atoms with Gasteiger partial charge < -0.3 is 5.32 Å². The van der Waals surface area contributed by atoms with Crippen LogP contribution in [-0.2, 0) is 6.54 Å². The van der Waals surface area contributed by atoms with Crippen molar-refractivity contribution in [2.24, 2.45) is 0 Å². The molecule has 0 aliphatic carbocycles. The molecule has 2 N–H and O–H groups in total. The van der Waals surface area contributed by atoms with Crippen molar-refractivity contribution >= 4 is 16.8 Å². The zero-order valence-corrected chi connectivity index (χ0v) is 10.9. The number of H-pyrrole nitrogens is 1. The third-order valence-corrected chi connectivity index (χ3v) is 3.17. The quantitative estimate of drug-likeness (QED) is 0.778. The molecule has 0 aliphatic rings. The van der Waals surface area contributed by atoms with Crippen molar-refractivity contribution in [3.8, 4) is 0 Å². The maximum absolute atomic E-state index is 13.5. The molecule has 3 rings (SSSR count). The lowest BCUT2D eigenvalue weighted by Gasteiger charge is -2.06. The Hall–Kier alpha value is -2.76. The topological polar surface area (TPSA) is 57.8 Å². The Balaban J connectivity index is 1.81. The van der Waals surface area contributed by atoms with E-state index in [1.54, 1.807) is 18.2 Å². The Bertz CT molecular complexity index is 793. The Labute approximate surface area is 118 Å². The Kier molecular flexibility index (Phi) is 3.35. The van der Waals surface area contributed by atoms with E-state index in [0.717, 1.165) is 17.6 Å². The Morgan fingerprint density at radius 2 is 1.81 bits per heavy atom. The predicted octanol–water partition coefficient (Wildman–Crippen LogP) is 2.77. The van der Waals surface area contributed by atoms with Crippen LogP contribution in [0.5, 0.6) is 0 Å². The molecule has 1 aromatic heterocycles. The van der Waals surface area contributed by atoms with E-state index < -0.39 is 17.5 Å². The summed E-state index contributed by atoms with van der Waals surface area (Å²) in [6.07, 6.45) is 0. The van der Waals surface area contributed by atoms with E-state index in [0.29, 0.717) is 5.39 Å². The largest absolute Gasteiger partial charge is 0.346 e. The Morgan fingerprint density at radius 3 is 2.57 bits per heavy atom. The summed E-state index contributed by atoms with van der Waals surface area (Å²) in [5.74, 6) is -1.88. The summed E-state index contributed by atoms with van der Waals surface area (Å²) in [6, 6.07) is 10.7. The van der Waals surface area contributed by atoms with Gasteiger partial charge in [-0.05, 0) is 18.2 Å². The van der Waals surface area contributed by atoms with Gasteiger partial charge in [0.1, 0.15) is 11.6 Å². The van der Waals surface area contributed by atoms with E-state index in [1.807, 2.05) is 6.07 Å². The van der Waals surface area contributed by atoms with Crippen LogP contribution in [0.2, 0.25) is 0 Å². The monoisotopic (exact) mass is 287 g/mol. The van der Waals surface area contributed by atoms with Gasteiger partial charge in [0.2, 0.25) is 0 Å². The minimum atomic E-state index is -0.692. The molecule has 4 nitrogen and oxygen atoms in total. The summed E-state index contributed by atoms with van der Waals surface area (Å²) in [5.41, 5.74) is 0.743. The van der Waals surface area contributed by atoms with E-state index in [4.69, 9.17) is 0 Å². The number of benzene rings is 2. The number of nitrogens with one attached hydrogen (secondary N) is 2. The molecule has 0 saturated heterocycles. The van der Waals surface area contributed by atoms with Gasteiger partial charge in [0.05, 0.1) is 5.52 Å². The number of hydrogen-bond acceptors (Lipinski definition) is 2. The lowest BCUT2D eigenvalue weighted by Crippen LogP contribution is -2.24. The molecule has 1 amide bonds. The van der Waals surface area contributed by atoms with Crippen LogP contribution in [0.3, 0.4) is 0 Å². The molecule has 6 heteroatoms. The van der Waals surface area contributed by atoms with E-state index in [1.165, 1.54) is 6.07 Å². The molecule has 1 heterocycles. The van der Waals surface area contributed by atoms with Gasteiger partial charge >= 0.3 is 0 Å². The second-order valence-electron chi connectivity index (χ2n) is 4.50. The summed E-state index contributed by atoms with van der Waals surface area (Å²) >= 11 is 0. The fraction of sp³-hybridized carbons (Fsp3) is 0.0667. The molecule has 0 bridgehead atoms. The number of fused-ring (bicyclic) bond motifs is 1. The molecule has 2 aromatic carbocycles. The molecule has 21 heavy (non-hydrogen) atoms. The van der Waals surface area contributed by atoms with Gasteiger partial charge in [-0.25, -0.2) is 8.78 Å². The third-order valence-electron chi connectivity index (χ3n) is 3.17. The van der Waals surface area contributed by atoms with Crippen LogP contribution in [-0.4, -0.2) is 16.1 Å². The third kappa shape index (κ3) is 2.47. The van der Waals surface area contributed by atoms with Crippen LogP contribution in [0.4, 0.5) is 8.78 Å². The molecule has 106 valence electrons. The number of amides is 1. The van der Waals surface area contributed by atoms with Gasteiger partial charge in [0.25, 0.3) is 5.91 Å². The summed E-state index contributed by atoms with van der Waals surface area (Å²) in [6.45, 7) is -0.238. The molecule has 0 unspecified atom stereocenters. The van der Waals surface area contributed by atoms with Gasteiger partial charge in [-0.2, -0.15) is 5.10 Å². The van der Waals surface area contributed by atoms with Gasteiger partial charge in [-0.15, -0.1) is 0 Å². The first-order valence-corrected chi connectivity index (χ1v) is 6.31. The minimum absolute atomic E-state index is 0.175. The first-order chi connectivity index (χ1) is 10.2. The van der Waals surface area contributed by atoms with Crippen LogP contribution in [0, 0.1) is 11.6 Å². The van der Waals surface area contributed by atoms with Crippen LogP contribution in [0.15, 0.2) is 42.5 Å². The molecule has 0 radical (unpaired) electrons. The number of rotatable bonds is 3. The highest BCUT2D eigenvalue weighted by atomic mass is 19.1. The van der Waals surface area contributed by atoms with Crippen molar-refractivity contribution in [2.75, 3.05) is 0 Å². The predicted molar refractivity (Wildman–Crippen MR) is 73.6 cm³/mol. The lowest BCUT2D eigenvalue weighted by molar-refractivity contribution is 0.0947. The number of carbonyl (C=O) groups is 1. The van der Waals surface area contributed by atoms with Crippen LogP contribution in [0.25, 0.3) is 10.9 Å². The molecular formula is C15H11F2N3O. The van der Waals surface area contributed by atoms with Crippen molar-refractivity contribution < 1.29 is 13.6 Å². The summed E-state index contributed by atoms with van der Waals surface area (Å²) in [4.78, 5) is 12.1. The van der Waals surface area contributed by atoms with E-state index in [9.17, 15) is 13.6 Å². The first kappa shape index (κ1) is 13.2. The molecule has 0 saturated carbocycles. The van der Waals surface area contributed by atoms with Crippen molar-refractivity contribution in [1.29, 1.82) is 0 Å². The second kappa shape index (κ2) is 5.32. The lowest BCUT2D eigenvalue weighted by atomic mass is 10.2. The van der Waals surface area contributed by atoms with Crippen molar-refractivity contribution in [3.05, 3.63) is 65.4 Å². The molecule has 3 aromatic rings.